The van der Waals surface area contributed by atoms with Gasteiger partial charge in [0.25, 0.3) is 0 Å². The summed E-state index contributed by atoms with van der Waals surface area (Å²) < 4.78 is 0.872. The molecule has 2 aromatic carbocycles. The first-order valence-electron chi connectivity index (χ1n) is 6.61. The first-order chi connectivity index (χ1) is 10.1. The van der Waals surface area contributed by atoms with Crippen molar-refractivity contribution in [3.05, 3.63) is 57.5 Å². The zero-order valence-corrected chi connectivity index (χ0v) is 14.0. The van der Waals surface area contributed by atoms with E-state index in [0.29, 0.717) is 13.0 Å². The normalized spacial score (nSPS) is 10.2. The third-order valence-corrected chi connectivity index (χ3v) is 4.18. The molecule has 0 atom stereocenters. The monoisotopic (exact) mass is 366 g/mol. The highest BCUT2D eigenvalue weighted by atomic mass is 79.9. The van der Waals surface area contributed by atoms with Crippen molar-refractivity contribution in [1.29, 1.82) is 0 Å². The fourth-order valence-electron chi connectivity index (χ4n) is 1.88. The highest BCUT2D eigenvalue weighted by Gasteiger charge is 2.06. The van der Waals surface area contributed by atoms with Crippen molar-refractivity contribution >= 4 is 44.8 Å². The van der Waals surface area contributed by atoms with Crippen molar-refractivity contribution in [1.82, 2.24) is 0 Å². The molecule has 0 saturated heterocycles. The maximum atomic E-state index is 11.9. The molecule has 1 amide bonds. The van der Waals surface area contributed by atoms with E-state index in [-0.39, 0.29) is 5.91 Å². The molecule has 0 aliphatic carbocycles. The molecule has 110 valence electrons. The minimum absolute atomic E-state index is 0.0333. The SMILES string of the molecule is Cc1c(Cl)cccc1NCCC(=O)Nc1ccccc1Br. The Kier molecular flexibility index (Phi) is 5.65. The number of para-hydroxylation sites is 1. The number of hydrogen-bond donors (Lipinski definition) is 2. The van der Waals surface area contributed by atoms with Gasteiger partial charge in [-0.15, -0.1) is 0 Å². The van der Waals surface area contributed by atoms with Crippen LogP contribution in [0.3, 0.4) is 0 Å². The first-order valence-corrected chi connectivity index (χ1v) is 7.78. The Morgan fingerprint density at radius 2 is 1.86 bits per heavy atom. The maximum absolute atomic E-state index is 11.9. The van der Waals surface area contributed by atoms with E-state index in [2.05, 4.69) is 26.6 Å². The van der Waals surface area contributed by atoms with Crippen LogP contribution in [0.1, 0.15) is 12.0 Å². The van der Waals surface area contributed by atoms with Gasteiger partial charge in [0, 0.05) is 28.1 Å². The lowest BCUT2D eigenvalue weighted by atomic mass is 10.2. The molecule has 0 unspecified atom stereocenters. The Labute approximate surface area is 137 Å². The highest BCUT2D eigenvalue weighted by Crippen LogP contribution is 2.23. The minimum Gasteiger partial charge on any atom is -0.384 e. The van der Waals surface area contributed by atoms with Crippen molar-refractivity contribution in [2.45, 2.75) is 13.3 Å². The quantitative estimate of drug-likeness (QED) is 0.793. The topological polar surface area (TPSA) is 41.1 Å². The van der Waals surface area contributed by atoms with Crippen LogP contribution in [-0.4, -0.2) is 12.5 Å². The molecule has 0 heterocycles. The molecule has 0 fully saturated rings. The molecule has 2 aromatic rings. The zero-order chi connectivity index (χ0) is 15.2. The number of benzene rings is 2. The molecule has 0 aliphatic heterocycles. The summed E-state index contributed by atoms with van der Waals surface area (Å²) in [7, 11) is 0. The van der Waals surface area contributed by atoms with Gasteiger partial charge in [0.1, 0.15) is 0 Å². The number of rotatable bonds is 5. The Morgan fingerprint density at radius 1 is 1.14 bits per heavy atom. The van der Waals surface area contributed by atoms with E-state index in [9.17, 15) is 4.79 Å². The standard InChI is InChI=1S/C16H16BrClN2O/c1-11-13(18)6-4-8-14(11)19-10-9-16(21)20-15-7-3-2-5-12(15)17/h2-8,19H,9-10H2,1H3,(H,20,21). The number of carbonyl (C=O) groups is 1. The van der Waals surface area contributed by atoms with E-state index in [1.54, 1.807) is 0 Å². The second-order valence-corrected chi connectivity index (χ2v) is 5.88. The molecule has 2 rings (SSSR count). The summed E-state index contributed by atoms with van der Waals surface area (Å²) in [6, 6.07) is 13.2. The number of hydrogen-bond acceptors (Lipinski definition) is 2. The zero-order valence-electron chi connectivity index (χ0n) is 11.6. The van der Waals surface area contributed by atoms with Crippen molar-refractivity contribution in [3.8, 4) is 0 Å². The summed E-state index contributed by atoms with van der Waals surface area (Å²) in [5.74, 6) is -0.0333. The summed E-state index contributed by atoms with van der Waals surface area (Å²) in [4.78, 5) is 11.9. The van der Waals surface area contributed by atoms with Gasteiger partial charge in [-0.25, -0.2) is 0 Å². The van der Waals surface area contributed by atoms with Gasteiger partial charge in [0.2, 0.25) is 5.91 Å². The van der Waals surface area contributed by atoms with Crippen LogP contribution < -0.4 is 10.6 Å². The lowest BCUT2D eigenvalue weighted by Gasteiger charge is -2.11. The van der Waals surface area contributed by atoms with Crippen molar-refractivity contribution in [2.75, 3.05) is 17.2 Å². The summed E-state index contributed by atoms with van der Waals surface area (Å²) in [5.41, 5.74) is 2.73. The molecule has 0 aliphatic rings. The van der Waals surface area contributed by atoms with Crippen LogP contribution in [0.2, 0.25) is 5.02 Å². The Morgan fingerprint density at radius 3 is 2.62 bits per heavy atom. The summed E-state index contributed by atoms with van der Waals surface area (Å²) in [6.07, 6.45) is 0.382. The number of carbonyl (C=O) groups excluding carboxylic acids is 1. The van der Waals surface area contributed by atoms with Gasteiger partial charge in [-0.3, -0.25) is 4.79 Å². The van der Waals surface area contributed by atoms with Crippen molar-refractivity contribution < 1.29 is 4.79 Å². The van der Waals surface area contributed by atoms with E-state index < -0.39 is 0 Å². The lowest BCUT2D eigenvalue weighted by Crippen LogP contribution is -2.16. The largest absolute Gasteiger partial charge is 0.384 e. The number of halogens is 2. The summed E-state index contributed by atoms with van der Waals surface area (Å²) >= 11 is 9.46. The average molecular weight is 368 g/mol. The van der Waals surface area contributed by atoms with Crippen molar-refractivity contribution in [2.24, 2.45) is 0 Å². The van der Waals surface area contributed by atoms with Crippen LogP contribution in [0.4, 0.5) is 11.4 Å². The summed E-state index contributed by atoms with van der Waals surface area (Å²) in [5, 5.41) is 6.82. The van der Waals surface area contributed by atoms with Gasteiger partial charge in [-0.2, -0.15) is 0 Å². The fourth-order valence-corrected chi connectivity index (χ4v) is 2.44. The molecule has 0 spiro atoms. The molecule has 5 heteroatoms. The van der Waals surface area contributed by atoms with E-state index in [4.69, 9.17) is 11.6 Å². The molecular formula is C16H16BrClN2O. The van der Waals surface area contributed by atoms with E-state index in [1.165, 1.54) is 0 Å². The second-order valence-electron chi connectivity index (χ2n) is 4.62. The Bertz CT molecular complexity index is 646. The van der Waals surface area contributed by atoms with Gasteiger partial charge in [0.05, 0.1) is 5.69 Å². The molecule has 0 radical (unpaired) electrons. The Hall–Kier alpha value is -1.52. The van der Waals surface area contributed by atoms with E-state index in [1.807, 2.05) is 49.4 Å². The second kappa shape index (κ2) is 7.48. The van der Waals surface area contributed by atoms with Crippen LogP contribution in [0.5, 0.6) is 0 Å². The summed E-state index contributed by atoms with van der Waals surface area (Å²) in [6.45, 7) is 2.50. The van der Waals surface area contributed by atoms with Crippen LogP contribution in [0.25, 0.3) is 0 Å². The molecular weight excluding hydrogens is 352 g/mol. The smallest absolute Gasteiger partial charge is 0.226 e. The molecule has 2 N–H and O–H groups in total. The van der Waals surface area contributed by atoms with Gasteiger partial charge in [-0.1, -0.05) is 29.8 Å². The lowest BCUT2D eigenvalue weighted by molar-refractivity contribution is -0.115. The van der Waals surface area contributed by atoms with Crippen LogP contribution in [0.15, 0.2) is 46.9 Å². The molecule has 0 saturated carbocycles. The third-order valence-electron chi connectivity index (χ3n) is 3.08. The fraction of sp³-hybridized carbons (Fsp3) is 0.188. The number of amides is 1. The minimum atomic E-state index is -0.0333. The molecule has 0 aromatic heterocycles. The predicted molar refractivity (Wildman–Crippen MR) is 92.1 cm³/mol. The Balaban J connectivity index is 1.85. The van der Waals surface area contributed by atoms with Gasteiger partial charge < -0.3 is 10.6 Å². The first kappa shape index (κ1) is 15.9. The van der Waals surface area contributed by atoms with Gasteiger partial charge in [0.15, 0.2) is 0 Å². The van der Waals surface area contributed by atoms with E-state index >= 15 is 0 Å². The average Bonchev–Trinajstić information content (AvgIpc) is 2.46. The van der Waals surface area contributed by atoms with E-state index in [0.717, 1.165) is 26.4 Å². The van der Waals surface area contributed by atoms with Gasteiger partial charge >= 0.3 is 0 Å². The third kappa shape index (κ3) is 4.48. The van der Waals surface area contributed by atoms with Crippen LogP contribution in [0, 0.1) is 6.92 Å². The van der Waals surface area contributed by atoms with Crippen molar-refractivity contribution in [3.63, 3.8) is 0 Å². The van der Waals surface area contributed by atoms with Crippen LogP contribution >= 0.6 is 27.5 Å². The van der Waals surface area contributed by atoms with Gasteiger partial charge in [-0.05, 0) is 52.7 Å². The maximum Gasteiger partial charge on any atom is 0.226 e. The number of anilines is 2. The number of nitrogens with one attached hydrogen (secondary N) is 2. The highest BCUT2D eigenvalue weighted by molar-refractivity contribution is 9.10. The van der Waals surface area contributed by atoms with Crippen LogP contribution in [-0.2, 0) is 4.79 Å². The predicted octanol–water partition coefficient (Wildman–Crippen LogP) is 4.85. The molecule has 3 nitrogen and oxygen atoms in total. The molecule has 21 heavy (non-hydrogen) atoms. The molecule has 0 bridgehead atoms.